The third kappa shape index (κ3) is 5.41. The van der Waals surface area contributed by atoms with Crippen molar-refractivity contribution in [3.8, 4) is 11.3 Å². The fourth-order valence-corrected chi connectivity index (χ4v) is 4.84. The molecule has 2 fully saturated rings. The Hall–Kier alpha value is -3.61. The third-order valence-corrected chi connectivity index (χ3v) is 6.85. The number of aromatic nitrogens is 4. The van der Waals surface area contributed by atoms with Gasteiger partial charge in [0.05, 0.1) is 49.2 Å². The van der Waals surface area contributed by atoms with Gasteiger partial charge in [0.2, 0.25) is 18.3 Å². The Morgan fingerprint density at radius 2 is 1.92 bits per heavy atom. The zero-order chi connectivity index (χ0) is 25.8. The highest BCUT2D eigenvalue weighted by molar-refractivity contribution is 5.91. The van der Waals surface area contributed by atoms with Crippen LogP contribution in [0, 0.1) is 0 Å². The number of anilines is 1. The fraction of sp³-hybridized carbons (Fsp3) is 0.480. The van der Waals surface area contributed by atoms with Crippen LogP contribution in [0.5, 0.6) is 0 Å². The van der Waals surface area contributed by atoms with Crippen LogP contribution in [-0.4, -0.2) is 82.4 Å². The minimum Gasteiger partial charge on any atom is -0.378 e. The summed E-state index contributed by atoms with van der Waals surface area (Å²) in [6.07, 6.45) is 3.89. The van der Waals surface area contributed by atoms with Crippen LogP contribution in [0.25, 0.3) is 22.3 Å². The number of hydrogen-bond acceptors (Lipinski definition) is 9. The van der Waals surface area contributed by atoms with Crippen molar-refractivity contribution >= 4 is 29.3 Å². The number of amides is 2. The molecule has 12 nitrogen and oxygen atoms in total. The second-order valence-electron chi connectivity index (χ2n) is 9.36. The van der Waals surface area contributed by atoms with E-state index < -0.39 is 6.04 Å². The molecule has 2 aliphatic rings. The first kappa shape index (κ1) is 25.1. The highest BCUT2D eigenvalue weighted by Crippen LogP contribution is 2.32. The second kappa shape index (κ2) is 11.2. The maximum Gasteiger partial charge on any atom is 0.239 e. The zero-order valence-electron chi connectivity index (χ0n) is 20.9. The Bertz CT molecular complexity index is 1230. The first-order chi connectivity index (χ1) is 18.0. The van der Waals surface area contributed by atoms with E-state index in [1.165, 1.54) is 0 Å². The van der Waals surface area contributed by atoms with Crippen LogP contribution in [0.2, 0.25) is 0 Å². The molecule has 0 saturated carbocycles. The molecule has 2 amide bonds. The van der Waals surface area contributed by atoms with E-state index in [0.717, 1.165) is 53.8 Å². The quantitative estimate of drug-likeness (QED) is 0.259. The van der Waals surface area contributed by atoms with Crippen LogP contribution in [0.1, 0.15) is 31.4 Å². The van der Waals surface area contributed by atoms with Gasteiger partial charge in [0.15, 0.2) is 5.65 Å². The van der Waals surface area contributed by atoms with Gasteiger partial charge in [-0.25, -0.2) is 15.1 Å². The molecule has 5 rings (SSSR count). The monoisotopic (exact) mass is 508 g/mol. The van der Waals surface area contributed by atoms with Crippen molar-refractivity contribution in [2.24, 2.45) is 5.73 Å². The normalized spacial score (nSPS) is 17.7. The Balaban J connectivity index is 1.47. The number of morpholine rings is 1. The fourth-order valence-electron chi connectivity index (χ4n) is 4.84. The zero-order valence-corrected chi connectivity index (χ0v) is 20.9. The average Bonchev–Trinajstić information content (AvgIpc) is 3.37. The molecule has 12 heteroatoms. The smallest absolute Gasteiger partial charge is 0.239 e. The van der Waals surface area contributed by atoms with E-state index in [-0.39, 0.29) is 18.6 Å². The maximum absolute atomic E-state index is 12.3. The third-order valence-electron chi connectivity index (χ3n) is 6.85. The molecule has 0 bridgehead atoms. The molecule has 37 heavy (non-hydrogen) atoms. The summed E-state index contributed by atoms with van der Waals surface area (Å²) in [5, 5.41) is 5.62. The molecule has 2 saturated heterocycles. The van der Waals surface area contributed by atoms with Crippen LogP contribution in [0.3, 0.4) is 0 Å². The van der Waals surface area contributed by atoms with E-state index in [4.69, 9.17) is 30.4 Å². The Labute approximate surface area is 214 Å². The number of nitrogens with one attached hydrogen (secondary N) is 1. The lowest BCUT2D eigenvalue weighted by atomic mass is 10.0. The SMILES string of the molecule is C[C@H](N)C(=O)N1CCC(n2ncc3c(-c4ccc(CONC=O)cc4)nc(N4CCOCC4)nc32)CC1. The van der Waals surface area contributed by atoms with Crippen LogP contribution in [-0.2, 0) is 25.8 Å². The van der Waals surface area contributed by atoms with Crippen molar-refractivity contribution in [1.82, 2.24) is 30.1 Å². The van der Waals surface area contributed by atoms with Crippen molar-refractivity contribution in [1.29, 1.82) is 0 Å². The molecule has 0 aliphatic carbocycles. The lowest BCUT2D eigenvalue weighted by Gasteiger charge is -2.33. The van der Waals surface area contributed by atoms with Crippen molar-refractivity contribution < 1.29 is 19.2 Å². The van der Waals surface area contributed by atoms with Gasteiger partial charge in [0.25, 0.3) is 0 Å². The number of benzene rings is 1. The number of nitrogens with two attached hydrogens (primary N) is 1. The van der Waals surface area contributed by atoms with Gasteiger partial charge in [0, 0.05) is 31.7 Å². The Kier molecular flexibility index (Phi) is 7.58. The number of rotatable bonds is 8. The van der Waals surface area contributed by atoms with Crippen molar-refractivity contribution in [3.63, 3.8) is 0 Å². The van der Waals surface area contributed by atoms with E-state index in [1.807, 2.05) is 40.0 Å². The molecule has 0 spiro atoms. The van der Waals surface area contributed by atoms with Crippen molar-refractivity contribution in [2.45, 2.75) is 38.5 Å². The van der Waals surface area contributed by atoms with E-state index in [2.05, 4.69) is 10.4 Å². The molecule has 196 valence electrons. The predicted molar refractivity (Wildman–Crippen MR) is 136 cm³/mol. The molecule has 2 aromatic heterocycles. The molecule has 3 aromatic rings. The van der Waals surface area contributed by atoms with Gasteiger partial charge < -0.3 is 20.3 Å². The molecule has 3 N–H and O–H groups in total. The first-order valence-corrected chi connectivity index (χ1v) is 12.6. The standard InChI is InChI=1S/C25H32N8O4/c1-17(26)24(35)31-8-6-20(7-9-31)33-23-21(14-27-33)22(29-25(30-23)32-10-12-36-13-11-32)19-4-2-18(3-5-19)15-37-28-16-34/h2-5,14,16-17,20H,6-13,15,26H2,1H3,(H,28,34)/t17-/m0/s1. The topological polar surface area (TPSA) is 141 Å². The minimum absolute atomic E-state index is 0.0150. The van der Waals surface area contributed by atoms with Gasteiger partial charge in [-0.2, -0.15) is 10.1 Å². The molecule has 1 aromatic carbocycles. The Morgan fingerprint density at radius 1 is 1.19 bits per heavy atom. The summed E-state index contributed by atoms with van der Waals surface area (Å²) in [5.74, 6) is 0.637. The molecular formula is C25H32N8O4. The number of piperidine rings is 1. The minimum atomic E-state index is -0.493. The summed E-state index contributed by atoms with van der Waals surface area (Å²) in [6.45, 7) is 5.97. The number of carbonyl (C=O) groups excluding carboxylic acids is 2. The van der Waals surface area contributed by atoms with Gasteiger partial charge in [0.1, 0.15) is 0 Å². The van der Waals surface area contributed by atoms with E-state index >= 15 is 0 Å². The summed E-state index contributed by atoms with van der Waals surface area (Å²) in [6, 6.07) is 7.49. The van der Waals surface area contributed by atoms with Gasteiger partial charge in [-0.05, 0) is 25.3 Å². The molecule has 0 unspecified atom stereocenters. The van der Waals surface area contributed by atoms with E-state index in [0.29, 0.717) is 38.7 Å². The predicted octanol–water partition coefficient (Wildman–Crippen LogP) is 1.02. The Morgan fingerprint density at radius 3 is 2.59 bits per heavy atom. The number of carbonyl (C=O) groups is 2. The summed E-state index contributed by atoms with van der Waals surface area (Å²) in [4.78, 5) is 41.7. The maximum atomic E-state index is 12.3. The van der Waals surface area contributed by atoms with Crippen molar-refractivity contribution in [3.05, 3.63) is 36.0 Å². The molecule has 0 radical (unpaired) electrons. The summed E-state index contributed by atoms with van der Waals surface area (Å²) in [7, 11) is 0. The number of nitrogens with zero attached hydrogens (tertiary/aromatic N) is 6. The lowest BCUT2D eigenvalue weighted by molar-refractivity contribution is -0.133. The number of hydrogen-bond donors (Lipinski definition) is 2. The highest BCUT2D eigenvalue weighted by atomic mass is 16.6. The van der Waals surface area contributed by atoms with E-state index in [1.54, 1.807) is 6.92 Å². The lowest BCUT2D eigenvalue weighted by Crippen LogP contribution is -2.46. The van der Waals surface area contributed by atoms with Crippen LogP contribution >= 0.6 is 0 Å². The number of fused-ring (bicyclic) bond motifs is 1. The second-order valence-corrected chi connectivity index (χ2v) is 9.36. The number of likely N-dealkylation sites (tertiary alicyclic amines) is 1. The number of ether oxygens (including phenoxy) is 1. The largest absolute Gasteiger partial charge is 0.378 e. The first-order valence-electron chi connectivity index (χ1n) is 12.6. The van der Waals surface area contributed by atoms with Gasteiger partial charge >= 0.3 is 0 Å². The molecule has 4 heterocycles. The molecular weight excluding hydrogens is 476 g/mol. The van der Waals surface area contributed by atoms with Crippen molar-refractivity contribution in [2.75, 3.05) is 44.3 Å². The summed E-state index contributed by atoms with van der Waals surface area (Å²) < 4.78 is 7.52. The molecule has 1 atom stereocenters. The van der Waals surface area contributed by atoms with Gasteiger partial charge in [-0.1, -0.05) is 24.3 Å². The summed E-state index contributed by atoms with van der Waals surface area (Å²) >= 11 is 0. The van der Waals surface area contributed by atoms with Gasteiger partial charge in [-0.15, -0.1) is 0 Å². The van der Waals surface area contributed by atoms with Crippen LogP contribution in [0.15, 0.2) is 30.5 Å². The van der Waals surface area contributed by atoms with Gasteiger partial charge in [-0.3, -0.25) is 14.4 Å². The number of hydroxylamine groups is 1. The molecule has 2 aliphatic heterocycles. The highest BCUT2D eigenvalue weighted by Gasteiger charge is 2.28. The van der Waals surface area contributed by atoms with Crippen LogP contribution < -0.4 is 16.1 Å². The average molecular weight is 509 g/mol. The summed E-state index contributed by atoms with van der Waals surface area (Å²) in [5.41, 5.74) is 11.5. The van der Waals surface area contributed by atoms with Crippen LogP contribution in [0.4, 0.5) is 5.95 Å². The van der Waals surface area contributed by atoms with E-state index in [9.17, 15) is 9.59 Å².